The van der Waals surface area contributed by atoms with Crippen molar-refractivity contribution >= 4 is 22.6 Å². The molecule has 1 aromatic heterocycles. The monoisotopic (exact) mass is 613 g/mol. The van der Waals surface area contributed by atoms with Crippen molar-refractivity contribution in [1.29, 1.82) is 0 Å². The molecule has 0 saturated carbocycles. The van der Waals surface area contributed by atoms with Gasteiger partial charge in [-0.25, -0.2) is 13.6 Å². The Morgan fingerprint density at radius 2 is 1.66 bits per heavy atom. The van der Waals surface area contributed by atoms with Crippen LogP contribution in [-0.4, -0.2) is 28.5 Å². The Bertz CT molecular complexity index is 1880. The second-order valence-corrected chi connectivity index (χ2v) is 9.63. The second-order valence-electron chi connectivity index (χ2n) is 9.63. The van der Waals surface area contributed by atoms with Crippen LogP contribution in [0.1, 0.15) is 5.56 Å². The quantitative estimate of drug-likeness (QED) is 0.194. The van der Waals surface area contributed by atoms with Crippen LogP contribution in [0.25, 0.3) is 22.2 Å². The number of benzene rings is 4. The lowest BCUT2D eigenvalue weighted by atomic mass is 10.0. The smallest absolute Gasteiger partial charge is 0.493 e. The van der Waals surface area contributed by atoms with E-state index in [1.807, 2.05) is 6.07 Å². The predicted molar refractivity (Wildman–Crippen MR) is 152 cm³/mol. The van der Waals surface area contributed by atoms with Crippen molar-refractivity contribution in [2.24, 2.45) is 7.05 Å². The van der Waals surface area contributed by atoms with Gasteiger partial charge in [0, 0.05) is 24.4 Å². The van der Waals surface area contributed by atoms with E-state index in [9.17, 15) is 27.2 Å². The molecular formula is C31H24F5N3O5. The molecule has 0 radical (unpaired) electrons. The second kappa shape index (κ2) is 12.1. The first-order valence-corrected chi connectivity index (χ1v) is 13.0. The highest BCUT2D eigenvalue weighted by molar-refractivity contribution is 5.96. The van der Waals surface area contributed by atoms with Crippen LogP contribution in [0.2, 0.25) is 0 Å². The summed E-state index contributed by atoms with van der Waals surface area (Å²) in [5.41, 5.74) is 0.305. The molecule has 1 amide bonds. The van der Waals surface area contributed by atoms with Gasteiger partial charge in [0.05, 0.1) is 18.1 Å². The summed E-state index contributed by atoms with van der Waals surface area (Å²) in [7, 11) is 2.64. The lowest BCUT2D eigenvalue weighted by molar-refractivity contribution is -0.274. The Morgan fingerprint density at radius 3 is 2.32 bits per heavy atom. The van der Waals surface area contributed by atoms with Gasteiger partial charge in [-0.3, -0.25) is 13.9 Å². The van der Waals surface area contributed by atoms with Gasteiger partial charge in [-0.2, -0.15) is 0 Å². The lowest BCUT2D eigenvalue weighted by Gasteiger charge is -2.16. The van der Waals surface area contributed by atoms with E-state index in [4.69, 9.17) is 9.47 Å². The molecule has 1 N–H and O–H groups in total. The Hall–Kier alpha value is -5.33. The molecular weight excluding hydrogens is 589 g/mol. The van der Waals surface area contributed by atoms with E-state index in [-0.39, 0.29) is 46.0 Å². The number of carbonyl (C=O) groups excluding carboxylic acids is 1. The average molecular weight is 614 g/mol. The van der Waals surface area contributed by atoms with Crippen molar-refractivity contribution in [3.05, 3.63) is 107 Å². The summed E-state index contributed by atoms with van der Waals surface area (Å²) in [6.45, 7) is -0.587. The number of amides is 1. The fourth-order valence-corrected chi connectivity index (χ4v) is 4.72. The molecule has 8 nitrogen and oxygen atoms in total. The molecule has 0 saturated heterocycles. The first kappa shape index (κ1) is 30.1. The molecule has 0 atom stereocenters. The fraction of sp³-hybridized carbons (Fsp3) is 0.161. The third-order valence-electron chi connectivity index (χ3n) is 6.64. The summed E-state index contributed by atoms with van der Waals surface area (Å²) in [4.78, 5) is 26.1. The zero-order chi connectivity index (χ0) is 31.6. The van der Waals surface area contributed by atoms with Gasteiger partial charge in [-0.15, -0.1) is 13.2 Å². The summed E-state index contributed by atoms with van der Waals surface area (Å²) in [5, 5.41) is 2.50. The maximum atomic E-state index is 15.5. The number of alkyl halides is 3. The van der Waals surface area contributed by atoms with Crippen LogP contribution in [-0.2, 0) is 25.0 Å². The number of halogens is 5. The molecule has 4 aromatic carbocycles. The van der Waals surface area contributed by atoms with Gasteiger partial charge in [0.25, 0.3) is 0 Å². The van der Waals surface area contributed by atoms with Gasteiger partial charge in [0.1, 0.15) is 24.7 Å². The van der Waals surface area contributed by atoms with E-state index in [1.54, 1.807) is 24.3 Å². The molecule has 0 unspecified atom stereocenters. The Balaban J connectivity index is 1.59. The topological polar surface area (TPSA) is 83.7 Å². The molecule has 0 aliphatic rings. The summed E-state index contributed by atoms with van der Waals surface area (Å²) in [5.74, 6) is -3.07. The van der Waals surface area contributed by atoms with Crippen molar-refractivity contribution < 1.29 is 41.0 Å². The number of carbonyl (C=O) groups is 1. The first-order chi connectivity index (χ1) is 20.9. The number of rotatable bonds is 9. The molecule has 0 fully saturated rings. The van der Waals surface area contributed by atoms with Crippen LogP contribution in [0.5, 0.6) is 17.2 Å². The molecule has 5 aromatic rings. The minimum Gasteiger partial charge on any atom is -0.493 e. The number of anilines is 1. The van der Waals surface area contributed by atoms with Gasteiger partial charge in [0.2, 0.25) is 5.91 Å². The predicted octanol–water partition coefficient (Wildman–Crippen LogP) is 6.41. The molecule has 0 spiro atoms. The van der Waals surface area contributed by atoms with Crippen molar-refractivity contribution in [2.75, 3.05) is 12.4 Å². The highest BCUT2D eigenvalue weighted by Gasteiger charge is 2.32. The number of imidazole rings is 1. The lowest BCUT2D eigenvalue weighted by Crippen LogP contribution is -2.28. The standard InChI is InChI=1S/C31H24F5N3O5/c1-38-28-23(19-12-24(33)29(26(13-19)42-2)43-17-18-6-4-3-5-7-18)14-22(44-31(34,35)36)15-25(28)39(30(38)41)16-27(40)37-21-10-8-20(32)9-11-21/h3-15H,16-17H2,1-2H3,(H,37,40). The van der Waals surface area contributed by atoms with E-state index < -0.39 is 41.9 Å². The molecule has 13 heteroatoms. The number of methoxy groups -OCH3 is 1. The summed E-state index contributed by atoms with van der Waals surface area (Å²) < 4.78 is 85.9. The van der Waals surface area contributed by atoms with Gasteiger partial charge >= 0.3 is 12.1 Å². The third kappa shape index (κ3) is 6.51. The SMILES string of the molecule is COc1cc(-c2cc(OC(F)(F)F)cc3c2n(C)c(=O)n3CC(=O)Nc2ccc(F)cc2)cc(F)c1OCc1ccccc1. The number of ether oxygens (including phenoxy) is 3. The number of aryl methyl sites for hydroxylation is 1. The zero-order valence-electron chi connectivity index (χ0n) is 23.2. The van der Waals surface area contributed by atoms with E-state index in [2.05, 4.69) is 10.1 Å². The minimum atomic E-state index is -5.09. The first-order valence-electron chi connectivity index (χ1n) is 13.0. The number of nitrogens with one attached hydrogen (secondary N) is 1. The van der Waals surface area contributed by atoms with Crippen LogP contribution < -0.4 is 25.2 Å². The summed E-state index contributed by atoms with van der Waals surface area (Å²) in [6, 6.07) is 18.2. The highest BCUT2D eigenvalue weighted by atomic mass is 19.4. The number of hydrogen-bond acceptors (Lipinski definition) is 5. The van der Waals surface area contributed by atoms with E-state index in [0.717, 1.165) is 45.0 Å². The normalized spacial score (nSPS) is 11.4. The molecule has 228 valence electrons. The fourth-order valence-electron chi connectivity index (χ4n) is 4.72. The van der Waals surface area contributed by atoms with Crippen LogP contribution in [0.3, 0.4) is 0 Å². The maximum absolute atomic E-state index is 15.5. The average Bonchev–Trinajstić information content (AvgIpc) is 3.21. The molecule has 5 rings (SSSR count). The molecule has 44 heavy (non-hydrogen) atoms. The van der Waals surface area contributed by atoms with Gasteiger partial charge in [-0.05, 0) is 53.6 Å². The number of fused-ring (bicyclic) bond motifs is 1. The van der Waals surface area contributed by atoms with Gasteiger partial charge in [0.15, 0.2) is 17.3 Å². The largest absolute Gasteiger partial charge is 0.573 e. The highest BCUT2D eigenvalue weighted by Crippen LogP contribution is 2.40. The Morgan fingerprint density at radius 1 is 0.955 bits per heavy atom. The van der Waals surface area contributed by atoms with Crippen LogP contribution >= 0.6 is 0 Å². The van der Waals surface area contributed by atoms with Crippen molar-refractivity contribution in [3.63, 3.8) is 0 Å². The summed E-state index contributed by atoms with van der Waals surface area (Å²) in [6.07, 6.45) is -5.09. The Kier molecular flexibility index (Phi) is 8.30. The number of nitrogens with zero attached hydrogens (tertiary/aromatic N) is 2. The molecule has 0 aliphatic carbocycles. The van der Waals surface area contributed by atoms with Crippen molar-refractivity contribution in [1.82, 2.24) is 9.13 Å². The molecule has 0 bridgehead atoms. The molecule has 1 heterocycles. The van der Waals surface area contributed by atoms with Crippen LogP contribution in [0.15, 0.2) is 83.7 Å². The maximum Gasteiger partial charge on any atom is 0.573 e. The van der Waals surface area contributed by atoms with E-state index >= 15 is 4.39 Å². The van der Waals surface area contributed by atoms with Crippen molar-refractivity contribution in [2.45, 2.75) is 19.5 Å². The summed E-state index contributed by atoms with van der Waals surface area (Å²) >= 11 is 0. The number of hydrogen-bond donors (Lipinski definition) is 1. The van der Waals surface area contributed by atoms with Gasteiger partial charge < -0.3 is 19.5 Å². The van der Waals surface area contributed by atoms with Crippen LogP contribution in [0, 0.1) is 11.6 Å². The zero-order valence-corrected chi connectivity index (χ0v) is 23.2. The van der Waals surface area contributed by atoms with E-state index in [0.29, 0.717) is 0 Å². The number of aromatic nitrogens is 2. The van der Waals surface area contributed by atoms with Crippen molar-refractivity contribution in [3.8, 4) is 28.4 Å². The van der Waals surface area contributed by atoms with Gasteiger partial charge in [-0.1, -0.05) is 30.3 Å². The van der Waals surface area contributed by atoms with Crippen LogP contribution in [0.4, 0.5) is 27.6 Å². The minimum absolute atomic E-state index is 0.00847. The van der Waals surface area contributed by atoms with E-state index in [1.165, 1.54) is 32.4 Å². The Labute approximate surface area is 246 Å². The third-order valence-corrected chi connectivity index (χ3v) is 6.64. The molecule has 0 aliphatic heterocycles.